The highest BCUT2D eigenvalue weighted by atomic mass is 16.6. The van der Waals surface area contributed by atoms with Crippen LogP contribution >= 0.6 is 0 Å². The molecular weight excluding hydrogens is 346 g/mol. The van der Waals surface area contributed by atoms with Crippen LogP contribution in [0.1, 0.15) is 31.7 Å². The lowest BCUT2D eigenvalue weighted by molar-refractivity contribution is -0.384. The number of carbonyl (C=O) groups excluding carboxylic acids is 2. The Balaban J connectivity index is 1.68. The molecule has 0 radical (unpaired) electrons. The van der Waals surface area contributed by atoms with Crippen LogP contribution in [0, 0.1) is 16.0 Å². The van der Waals surface area contributed by atoms with Crippen molar-refractivity contribution in [2.45, 2.75) is 26.2 Å². The van der Waals surface area contributed by atoms with E-state index in [1.807, 2.05) is 24.3 Å². The Morgan fingerprint density at radius 3 is 2.56 bits per heavy atom. The van der Waals surface area contributed by atoms with E-state index in [1.54, 1.807) is 11.0 Å². The highest BCUT2D eigenvalue weighted by Crippen LogP contribution is 2.28. The van der Waals surface area contributed by atoms with Crippen LogP contribution in [-0.2, 0) is 9.59 Å². The molecule has 0 bridgehead atoms. The Morgan fingerprint density at radius 1 is 1.22 bits per heavy atom. The van der Waals surface area contributed by atoms with Gasteiger partial charge in [-0.1, -0.05) is 32.0 Å². The van der Waals surface area contributed by atoms with Crippen LogP contribution in [0.15, 0.2) is 48.5 Å². The van der Waals surface area contributed by atoms with Gasteiger partial charge in [0.15, 0.2) is 0 Å². The molecule has 1 fully saturated rings. The maximum atomic E-state index is 12.5. The van der Waals surface area contributed by atoms with Gasteiger partial charge in [-0.3, -0.25) is 19.7 Å². The number of non-ortho nitro benzene ring substituents is 1. The van der Waals surface area contributed by atoms with Gasteiger partial charge in [-0.15, -0.1) is 0 Å². The first-order valence-corrected chi connectivity index (χ1v) is 8.81. The van der Waals surface area contributed by atoms with Gasteiger partial charge in [0.1, 0.15) is 0 Å². The summed E-state index contributed by atoms with van der Waals surface area (Å²) in [7, 11) is 0. The summed E-state index contributed by atoms with van der Waals surface area (Å²) in [5, 5.41) is 13.5. The molecule has 2 aromatic carbocycles. The Hall–Kier alpha value is -3.22. The van der Waals surface area contributed by atoms with Crippen molar-refractivity contribution >= 4 is 28.9 Å². The monoisotopic (exact) mass is 367 g/mol. The van der Waals surface area contributed by atoms with Crippen molar-refractivity contribution in [1.29, 1.82) is 0 Å². The van der Waals surface area contributed by atoms with Crippen LogP contribution in [0.25, 0.3) is 0 Å². The molecule has 3 rings (SSSR count). The van der Waals surface area contributed by atoms with E-state index in [1.165, 1.54) is 23.8 Å². The summed E-state index contributed by atoms with van der Waals surface area (Å²) in [4.78, 5) is 36.8. The topological polar surface area (TPSA) is 92.6 Å². The number of anilines is 2. The zero-order chi connectivity index (χ0) is 19.6. The van der Waals surface area contributed by atoms with Gasteiger partial charge in [-0.2, -0.15) is 0 Å². The van der Waals surface area contributed by atoms with Gasteiger partial charge in [-0.05, 0) is 29.7 Å². The third-order valence-electron chi connectivity index (χ3n) is 4.69. The zero-order valence-corrected chi connectivity index (χ0v) is 15.2. The van der Waals surface area contributed by atoms with Crippen molar-refractivity contribution in [2.24, 2.45) is 5.92 Å². The molecule has 0 spiro atoms. The number of carbonyl (C=O) groups is 2. The summed E-state index contributed by atoms with van der Waals surface area (Å²) in [6, 6.07) is 13.5. The van der Waals surface area contributed by atoms with E-state index in [0.717, 1.165) is 5.69 Å². The second-order valence-electron chi connectivity index (χ2n) is 6.95. The highest BCUT2D eigenvalue weighted by molar-refractivity contribution is 6.03. The molecule has 1 N–H and O–H groups in total. The quantitative estimate of drug-likeness (QED) is 0.644. The maximum Gasteiger partial charge on any atom is 0.271 e. The predicted molar refractivity (Wildman–Crippen MR) is 103 cm³/mol. The SMILES string of the molecule is CC(C)c1ccc(N2CC(C(=O)Nc3cccc([N+](=O)[O-])c3)CC2=O)cc1. The molecule has 0 aromatic heterocycles. The molecule has 1 saturated heterocycles. The number of nitro groups is 1. The van der Waals surface area contributed by atoms with Crippen molar-refractivity contribution in [1.82, 2.24) is 0 Å². The minimum atomic E-state index is -0.517. The Bertz CT molecular complexity index is 877. The molecule has 7 heteroatoms. The minimum Gasteiger partial charge on any atom is -0.326 e. The molecular formula is C20H21N3O4. The van der Waals surface area contributed by atoms with E-state index in [-0.39, 0.29) is 23.9 Å². The van der Waals surface area contributed by atoms with E-state index in [9.17, 15) is 19.7 Å². The maximum absolute atomic E-state index is 12.5. The minimum absolute atomic E-state index is 0.0952. The van der Waals surface area contributed by atoms with Gasteiger partial charge in [0.05, 0.1) is 10.8 Å². The molecule has 1 unspecified atom stereocenters. The fourth-order valence-electron chi connectivity index (χ4n) is 3.11. The predicted octanol–water partition coefficient (Wildman–Crippen LogP) is 3.71. The molecule has 1 atom stereocenters. The number of nitrogens with zero attached hydrogens (tertiary/aromatic N) is 2. The number of nitrogens with one attached hydrogen (secondary N) is 1. The summed E-state index contributed by atoms with van der Waals surface area (Å²) < 4.78 is 0. The molecule has 0 aliphatic carbocycles. The van der Waals surface area contributed by atoms with Crippen LogP contribution in [0.3, 0.4) is 0 Å². The summed E-state index contributed by atoms with van der Waals surface area (Å²) in [5.41, 5.74) is 2.21. The van der Waals surface area contributed by atoms with Gasteiger partial charge < -0.3 is 10.2 Å². The number of nitro benzene ring substituents is 1. The van der Waals surface area contributed by atoms with Crippen molar-refractivity contribution in [3.05, 3.63) is 64.2 Å². The van der Waals surface area contributed by atoms with Crippen molar-refractivity contribution < 1.29 is 14.5 Å². The summed E-state index contributed by atoms with van der Waals surface area (Å²) in [6.07, 6.45) is 0.118. The zero-order valence-electron chi connectivity index (χ0n) is 15.2. The smallest absolute Gasteiger partial charge is 0.271 e. The molecule has 0 saturated carbocycles. The molecule has 1 heterocycles. The lowest BCUT2D eigenvalue weighted by atomic mass is 10.0. The third kappa shape index (κ3) is 4.13. The Kier molecular flexibility index (Phi) is 5.21. The number of amides is 2. The van der Waals surface area contributed by atoms with Crippen LogP contribution in [-0.4, -0.2) is 23.3 Å². The average Bonchev–Trinajstić information content (AvgIpc) is 3.04. The summed E-state index contributed by atoms with van der Waals surface area (Å²) >= 11 is 0. The van der Waals surface area contributed by atoms with Gasteiger partial charge in [0.2, 0.25) is 11.8 Å². The number of hydrogen-bond acceptors (Lipinski definition) is 4. The van der Waals surface area contributed by atoms with Crippen LogP contribution in [0.4, 0.5) is 17.1 Å². The number of benzene rings is 2. The van der Waals surface area contributed by atoms with E-state index in [4.69, 9.17) is 0 Å². The van der Waals surface area contributed by atoms with Gasteiger partial charge in [-0.25, -0.2) is 0 Å². The Morgan fingerprint density at radius 2 is 1.93 bits per heavy atom. The summed E-state index contributed by atoms with van der Waals surface area (Å²) in [6.45, 7) is 4.50. The van der Waals surface area contributed by atoms with E-state index in [2.05, 4.69) is 19.2 Å². The molecule has 27 heavy (non-hydrogen) atoms. The van der Waals surface area contributed by atoms with Crippen LogP contribution < -0.4 is 10.2 Å². The first-order chi connectivity index (χ1) is 12.8. The standard InChI is InChI=1S/C20H21N3O4/c1-13(2)14-6-8-17(9-7-14)22-12-15(10-19(22)24)20(25)21-16-4-3-5-18(11-16)23(26)27/h3-9,11,13,15H,10,12H2,1-2H3,(H,21,25). The first-order valence-electron chi connectivity index (χ1n) is 8.81. The lowest BCUT2D eigenvalue weighted by Crippen LogP contribution is -2.28. The number of hydrogen-bond donors (Lipinski definition) is 1. The second-order valence-corrected chi connectivity index (χ2v) is 6.95. The fourth-order valence-corrected chi connectivity index (χ4v) is 3.11. The number of rotatable bonds is 5. The average molecular weight is 367 g/mol. The molecule has 7 nitrogen and oxygen atoms in total. The van der Waals surface area contributed by atoms with Crippen molar-refractivity contribution in [3.8, 4) is 0 Å². The van der Waals surface area contributed by atoms with Crippen LogP contribution in [0.5, 0.6) is 0 Å². The Labute approximate surface area is 157 Å². The van der Waals surface area contributed by atoms with E-state index < -0.39 is 10.8 Å². The molecule has 1 aliphatic heterocycles. The normalized spacial score (nSPS) is 16.6. The van der Waals surface area contributed by atoms with Gasteiger partial charge in [0, 0.05) is 36.5 Å². The largest absolute Gasteiger partial charge is 0.326 e. The van der Waals surface area contributed by atoms with Gasteiger partial charge >= 0.3 is 0 Å². The second kappa shape index (κ2) is 7.57. The van der Waals surface area contributed by atoms with Crippen LogP contribution in [0.2, 0.25) is 0 Å². The van der Waals surface area contributed by atoms with E-state index >= 15 is 0 Å². The van der Waals surface area contributed by atoms with Gasteiger partial charge in [0.25, 0.3) is 5.69 Å². The molecule has 2 amide bonds. The fraction of sp³-hybridized carbons (Fsp3) is 0.300. The molecule has 140 valence electrons. The summed E-state index contributed by atoms with van der Waals surface area (Å²) in [5.74, 6) is -0.514. The van der Waals surface area contributed by atoms with E-state index in [0.29, 0.717) is 18.2 Å². The first kappa shape index (κ1) is 18.6. The third-order valence-corrected chi connectivity index (χ3v) is 4.69. The van der Waals surface area contributed by atoms with Crippen molar-refractivity contribution in [2.75, 3.05) is 16.8 Å². The highest BCUT2D eigenvalue weighted by Gasteiger charge is 2.35. The lowest BCUT2D eigenvalue weighted by Gasteiger charge is -2.17. The molecule has 1 aliphatic rings. The molecule has 2 aromatic rings. The van der Waals surface area contributed by atoms with Crippen molar-refractivity contribution in [3.63, 3.8) is 0 Å².